The Labute approximate surface area is 219 Å². The number of carbonyl (C=O) groups is 1. The first-order valence-electron chi connectivity index (χ1n) is 12.5. The molecule has 6 rings (SSSR count). The zero-order valence-corrected chi connectivity index (χ0v) is 21.8. The van der Waals surface area contributed by atoms with Crippen LogP contribution in [0.5, 0.6) is 0 Å². The number of hydrogen-bond donors (Lipinski definition) is 1. The molecule has 1 amide bonds. The van der Waals surface area contributed by atoms with Crippen LogP contribution in [0.3, 0.4) is 0 Å². The molecule has 3 aliphatic heterocycles. The number of carbonyl (C=O) groups excluding carboxylic acids is 1. The van der Waals surface area contributed by atoms with Crippen molar-refractivity contribution >= 4 is 40.8 Å². The van der Waals surface area contributed by atoms with Gasteiger partial charge in [-0.1, -0.05) is 29.4 Å². The second-order valence-electron chi connectivity index (χ2n) is 10.0. The molecule has 1 atom stereocenters. The monoisotopic (exact) mass is 524 g/mol. The van der Waals surface area contributed by atoms with Gasteiger partial charge in [-0.25, -0.2) is 9.97 Å². The number of piperidine rings is 1. The Kier molecular flexibility index (Phi) is 6.39. The van der Waals surface area contributed by atoms with E-state index < -0.39 is 0 Å². The predicted octanol–water partition coefficient (Wildman–Crippen LogP) is 5.07. The van der Waals surface area contributed by atoms with Gasteiger partial charge in [0.1, 0.15) is 10.8 Å². The minimum atomic E-state index is -0.257. The molecule has 3 aromatic rings. The van der Waals surface area contributed by atoms with E-state index in [-0.39, 0.29) is 5.91 Å². The first-order valence-corrected chi connectivity index (χ1v) is 13.7. The van der Waals surface area contributed by atoms with E-state index in [2.05, 4.69) is 32.2 Å². The van der Waals surface area contributed by atoms with Crippen molar-refractivity contribution < 1.29 is 9.53 Å². The molecule has 188 valence electrons. The Bertz CT molecular complexity index is 1250. The molecular weight excluding hydrogens is 496 g/mol. The number of rotatable bonds is 5. The molecule has 2 saturated heterocycles. The van der Waals surface area contributed by atoms with E-state index in [1.165, 1.54) is 11.8 Å². The van der Waals surface area contributed by atoms with Crippen molar-refractivity contribution in [2.45, 2.75) is 61.6 Å². The molecule has 36 heavy (non-hydrogen) atoms. The third kappa shape index (κ3) is 4.71. The molecule has 2 aromatic heterocycles. The van der Waals surface area contributed by atoms with Crippen molar-refractivity contribution in [1.29, 1.82) is 0 Å². The number of benzene rings is 1. The molecule has 2 fully saturated rings. The fourth-order valence-electron chi connectivity index (χ4n) is 5.49. The molecule has 10 heteroatoms. The highest BCUT2D eigenvalue weighted by Gasteiger charge is 2.41. The number of amides is 1. The van der Waals surface area contributed by atoms with Crippen LogP contribution in [0.4, 0.5) is 11.5 Å². The summed E-state index contributed by atoms with van der Waals surface area (Å²) in [5, 5.41) is 8.54. The molecule has 1 N–H and O–H groups in total. The third-order valence-corrected chi connectivity index (χ3v) is 8.98. The maximum atomic E-state index is 12.7. The van der Waals surface area contributed by atoms with Crippen molar-refractivity contribution in [1.82, 2.24) is 19.7 Å². The maximum Gasteiger partial charge on any atom is 0.276 e. The topological polar surface area (TPSA) is 85.2 Å². The second kappa shape index (κ2) is 9.68. The van der Waals surface area contributed by atoms with Crippen LogP contribution in [0.1, 0.15) is 48.8 Å². The van der Waals surface area contributed by atoms with E-state index in [0.717, 1.165) is 79.8 Å². The van der Waals surface area contributed by atoms with Crippen LogP contribution < -0.4 is 10.2 Å². The summed E-state index contributed by atoms with van der Waals surface area (Å²) in [4.78, 5) is 25.2. The normalized spacial score (nSPS) is 20.6. The Balaban J connectivity index is 1.09. The zero-order chi connectivity index (χ0) is 24.7. The first-order chi connectivity index (χ1) is 17.5. The molecule has 5 heterocycles. The van der Waals surface area contributed by atoms with Crippen molar-refractivity contribution in [3.8, 4) is 0 Å². The lowest BCUT2D eigenvalue weighted by Gasteiger charge is -2.38. The Hall–Kier alpha value is -2.62. The standard InChI is InChI=1S/C26H29ClN6O2S/c1-17-13-26(16-35-17)7-10-32(11-8-26)22-14-29-23(15-28-22)36-21-6-2-5-19(24(21)27)30-25(34)20-12-18-4-3-9-33(18)31-20/h2,5-6,12,14-15,17H,3-4,7-11,13,16H2,1H3,(H,30,34)/t17-/m0/s1. The molecule has 1 aromatic carbocycles. The van der Waals surface area contributed by atoms with E-state index >= 15 is 0 Å². The minimum absolute atomic E-state index is 0.257. The van der Waals surface area contributed by atoms with E-state index in [0.29, 0.717) is 27.9 Å². The van der Waals surface area contributed by atoms with Gasteiger partial charge in [-0.2, -0.15) is 5.10 Å². The van der Waals surface area contributed by atoms with Crippen LogP contribution in [-0.4, -0.2) is 51.5 Å². The smallest absolute Gasteiger partial charge is 0.276 e. The number of hydrogen-bond acceptors (Lipinski definition) is 7. The molecule has 0 bridgehead atoms. The van der Waals surface area contributed by atoms with Gasteiger partial charge in [0.05, 0.1) is 35.8 Å². The summed E-state index contributed by atoms with van der Waals surface area (Å²) in [6, 6.07) is 7.44. The predicted molar refractivity (Wildman–Crippen MR) is 140 cm³/mol. The number of anilines is 2. The van der Waals surface area contributed by atoms with Gasteiger partial charge in [-0.3, -0.25) is 9.48 Å². The van der Waals surface area contributed by atoms with Crippen LogP contribution >= 0.6 is 23.4 Å². The van der Waals surface area contributed by atoms with Crippen LogP contribution in [-0.2, 0) is 17.7 Å². The maximum absolute atomic E-state index is 12.7. The van der Waals surface area contributed by atoms with Gasteiger partial charge in [0, 0.05) is 30.2 Å². The lowest BCUT2D eigenvalue weighted by atomic mass is 9.77. The third-order valence-electron chi connectivity index (χ3n) is 7.48. The summed E-state index contributed by atoms with van der Waals surface area (Å²) in [7, 11) is 0. The van der Waals surface area contributed by atoms with Gasteiger partial charge < -0.3 is 15.0 Å². The summed E-state index contributed by atoms with van der Waals surface area (Å²) in [6.45, 7) is 5.87. The van der Waals surface area contributed by atoms with Gasteiger partial charge in [0.25, 0.3) is 5.91 Å². The highest BCUT2D eigenvalue weighted by atomic mass is 35.5. The van der Waals surface area contributed by atoms with Gasteiger partial charge in [0.2, 0.25) is 0 Å². The highest BCUT2D eigenvalue weighted by molar-refractivity contribution is 7.99. The van der Waals surface area contributed by atoms with E-state index in [1.807, 2.05) is 29.1 Å². The lowest BCUT2D eigenvalue weighted by Crippen LogP contribution is -2.41. The largest absolute Gasteiger partial charge is 0.378 e. The molecule has 0 unspecified atom stereocenters. The van der Waals surface area contributed by atoms with Crippen LogP contribution in [0.2, 0.25) is 5.02 Å². The molecule has 3 aliphatic rings. The summed E-state index contributed by atoms with van der Waals surface area (Å²) >= 11 is 8.09. The van der Waals surface area contributed by atoms with E-state index in [1.54, 1.807) is 12.3 Å². The SMILES string of the molecule is C[C@H]1CC2(CCN(c3cnc(Sc4cccc(NC(=O)c5cc6n(n5)CCC6)c4Cl)cn3)CC2)CO1. The van der Waals surface area contributed by atoms with Crippen LogP contribution in [0, 0.1) is 5.41 Å². The number of aromatic nitrogens is 4. The lowest BCUT2D eigenvalue weighted by molar-refractivity contribution is 0.0975. The molecule has 0 aliphatic carbocycles. The fraction of sp³-hybridized carbons (Fsp3) is 0.462. The van der Waals surface area contributed by atoms with Crippen LogP contribution in [0.25, 0.3) is 0 Å². The number of fused-ring (bicyclic) bond motifs is 1. The number of nitrogens with zero attached hydrogens (tertiary/aromatic N) is 5. The number of ether oxygens (including phenoxy) is 1. The summed E-state index contributed by atoms with van der Waals surface area (Å²) in [5.41, 5.74) is 2.41. The molecule has 0 saturated carbocycles. The van der Waals surface area contributed by atoms with Crippen LogP contribution in [0.15, 0.2) is 46.6 Å². The summed E-state index contributed by atoms with van der Waals surface area (Å²) in [5.74, 6) is 0.646. The van der Waals surface area contributed by atoms with Crippen molar-refractivity contribution in [3.05, 3.63) is 53.1 Å². The Morgan fingerprint density at radius 3 is 2.81 bits per heavy atom. The van der Waals surface area contributed by atoms with Gasteiger partial charge in [-0.05, 0) is 62.6 Å². The minimum Gasteiger partial charge on any atom is -0.378 e. The van der Waals surface area contributed by atoms with Gasteiger partial charge >= 0.3 is 0 Å². The summed E-state index contributed by atoms with van der Waals surface area (Å²) < 4.78 is 7.75. The molecule has 8 nitrogen and oxygen atoms in total. The Morgan fingerprint density at radius 1 is 1.22 bits per heavy atom. The van der Waals surface area contributed by atoms with E-state index in [9.17, 15) is 4.79 Å². The molecular formula is C26H29ClN6O2S. The average molecular weight is 525 g/mol. The van der Waals surface area contributed by atoms with Gasteiger partial charge in [-0.15, -0.1) is 0 Å². The molecule has 1 spiro atoms. The van der Waals surface area contributed by atoms with Crippen molar-refractivity contribution in [2.24, 2.45) is 5.41 Å². The quantitative estimate of drug-likeness (QED) is 0.498. The zero-order valence-electron chi connectivity index (χ0n) is 20.2. The number of halogens is 1. The van der Waals surface area contributed by atoms with Crippen molar-refractivity contribution in [3.63, 3.8) is 0 Å². The molecule has 0 radical (unpaired) electrons. The number of aryl methyl sites for hydroxylation is 2. The fourth-order valence-corrected chi connectivity index (χ4v) is 6.56. The summed E-state index contributed by atoms with van der Waals surface area (Å²) in [6.07, 6.45) is 9.46. The van der Waals surface area contributed by atoms with Gasteiger partial charge in [0.15, 0.2) is 5.69 Å². The van der Waals surface area contributed by atoms with Crippen molar-refractivity contribution in [2.75, 3.05) is 29.9 Å². The first kappa shape index (κ1) is 23.8. The average Bonchev–Trinajstić information content (AvgIpc) is 3.58. The second-order valence-corrected chi connectivity index (χ2v) is 11.5. The highest BCUT2D eigenvalue weighted by Crippen LogP contribution is 2.42. The van der Waals surface area contributed by atoms with E-state index in [4.69, 9.17) is 16.3 Å². The Morgan fingerprint density at radius 2 is 2.08 bits per heavy atom. The number of nitrogens with one attached hydrogen (secondary N) is 1.